The highest BCUT2D eigenvalue weighted by Crippen LogP contribution is 2.29. The number of ether oxygens (including phenoxy) is 1. The summed E-state index contributed by atoms with van der Waals surface area (Å²) in [7, 11) is 0. The zero-order valence-electron chi connectivity index (χ0n) is 18.4. The largest absolute Gasteiger partial charge is 0.488 e. The molecule has 0 saturated carbocycles. The summed E-state index contributed by atoms with van der Waals surface area (Å²) < 4.78 is 11.9. The van der Waals surface area contributed by atoms with Crippen LogP contribution in [0, 0.1) is 0 Å². The van der Waals surface area contributed by atoms with Gasteiger partial charge in [0.15, 0.2) is 0 Å². The van der Waals surface area contributed by atoms with Crippen molar-refractivity contribution in [3.8, 4) is 5.75 Å². The molecule has 8 heteroatoms. The van der Waals surface area contributed by atoms with Gasteiger partial charge in [-0.15, -0.1) is 0 Å². The van der Waals surface area contributed by atoms with Crippen LogP contribution < -0.4 is 10.1 Å². The summed E-state index contributed by atoms with van der Waals surface area (Å²) in [6, 6.07) is 22.1. The molecule has 4 amide bonds. The van der Waals surface area contributed by atoms with Crippen molar-refractivity contribution >= 4 is 50.6 Å². The second-order valence-corrected chi connectivity index (χ2v) is 8.80. The van der Waals surface area contributed by atoms with E-state index in [1.807, 2.05) is 18.2 Å². The van der Waals surface area contributed by atoms with Gasteiger partial charge in [-0.25, -0.2) is 4.79 Å². The van der Waals surface area contributed by atoms with Crippen LogP contribution in [0.25, 0.3) is 16.8 Å². The molecule has 0 radical (unpaired) electrons. The molecule has 3 aromatic carbocycles. The van der Waals surface area contributed by atoms with Crippen LogP contribution in [0.2, 0.25) is 0 Å². The number of nitrogens with one attached hydrogen (secondary N) is 1. The molecule has 1 fully saturated rings. The van der Waals surface area contributed by atoms with Crippen LogP contribution in [-0.4, -0.2) is 22.7 Å². The number of fused-ring (bicyclic) bond motifs is 1. The Morgan fingerprint density at radius 3 is 2.54 bits per heavy atom. The molecule has 1 N–H and O–H groups in total. The lowest BCUT2D eigenvalue weighted by atomic mass is 10.1. The SMILES string of the molecule is O=C1NC(=O)N(Cc2ccco2)C(=O)/C1=C/c1ccc(OCc2ccc3ccccc3c2)c(Br)c1. The van der Waals surface area contributed by atoms with Gasteiger partial charge >= 0.3 is 6.03 Å². The molecule has 1 aromatic heterocycles. The Balaban J connectivity index is 1.32. The van der Waals surface area contributed by atoms with E-state index in [1.165, 1.54) is 17.7 Å². The summed E-state index contributed by atoms with van der Waals surface area (Å²) in [5.41, 5.74) is 1.49. The Morgan fingerprint density at radius 2 is 1.77 bits per heavy atom. The van der Waals surface area contributed by atoms with Crippen LogP contribution in [-0.2, 0) is 22.7 Å². The first kappa shape index (κ1) is 22.6. The van der Waals surface area contributed by atoms with Crippen LogP contribution in [0.15, 0.2) is 93.5 Å². The minimum absolute atomic E-state index is 0.0759. The van der Waals surface area contributed by atoms with Crippen LogP contribution in [0.1, 0.15) is 16.9 Å². The van der Waals surface area contributed by atoms with Gasteiger partial charge in [0.1, 0.15) is 23.7 Å². The lowest BCUT2D eigenvalue weighted by molar-refractivity contribution is -0.130. The molecule has 35 heavy (non-hydrogen) atoms. The number of rotatable bonds is 6. The van der Waals surface area contributed by atoms with Gasteiger partial charge in [-0.1, -0.05) is 42.5 Å². The monoisotopic (exact) mass is 530 g/mol. The number of urea groups is 1. The number of amides is 4. The number of benzene rings is 3. The Labute approximate surface area is 209 Å². The summed E-state index contributed by atoms with van der Waals surface area (Å²) in [4.78, 5) is 38.4. The molecule has 0 aliphatic carbocycles. The van der Waals surface area contributed by atoms with E-state index < -0.39 is 17.8 Å². The van der Waals surface area contributed by atoms with Gasteiger partial charge in [0, 0.05) is 0 Å². The van der Waals surface area contributed by atoms with Crippen molar-refractivity contribution in [1.82, 2.24) is 10.2 Å². The average molecular weight is 531 g/mol. The first-order chi connectivity index (χ1) is 17.0. The first-order valence-electron chi connectivity index (χ1n) is 10.8. The normalized spacial score (nSPS) is 15.1. The quantitative estimate of drug-likeness (QED) is 0.265. The maximum Gasteiger partial charge on any atom is 0.331 e. The number of halogens is 1. The third-order valence-corrected chi connectivity index (χ3v) is 6.17. The lowest BCUT2D eigenvalue weighted by Crippen LogP contribution is -2.53. The Bertz CT molecular complexity index is 1480. The minimum atomic E-state index is -0.785. The van der Waals surface area contributed by atoms with E-state index in [2.05, 4.69) is 45.5 Å². The van der Waals surface area contributed by atoms with Crippen LogP contribution in [0.4, 0.5) is 4.79 Å². The fourth-order valence-corrected chi connectivity index (χ4v) is 4.29. The fraction of sp³-hybridized carbons (Fsp3) is 0.0741. The summed E-state index contributed by atoms with van der Waals surface area (Å²) in [5.74, 6) is -0.390. The van der Waals surface area contributed by atoms with Gasteiger partial charge in [-0.05, 0) is 74.2 Å². The van der Waals surface area contributed by atoms with Crippen molar-refractivity contribution in [2.45, 2.75) is 13.2 Å². The molecule has 1 saturated heterocycles. The zero-order valence-corrected chi connectivity index (χ0v) is 19.9. The number of barbiturate groups is 1. The number of furan rings is 1. The summed E-state index contributed by atoms with van der Waals surface area (Å²) >= 11 is 3.50. The van der Waals surface area contributed by atoms with Gasteiger partial charge in [0.05, 0.1) is 17.3 Å². The molecule has 0 unspecified atom stereocenters. The molecule has 5 rings (SSSR count). The van der Waals surface area contributed by atoms with Crippen molar-refractivity contribution in [2.75, 3.05) is 0 Å². The minimum Gasteiger partial charge on any atom is -0.488 e. The van der Waals surface area contributed by atoms with E-state index in [1.54, 1.807) is 30.3 Å². The molecule has 2 heterocycles. The molecule has 0 bridgehead atoms. The van der Waals surface area contributed by atoms with Gasteiger partial charge in [0.2, 0.25) is 0 Å². The molecule has 4 aromatic rings. The maximum absolute atomic E-state index is 12.9. The predicted molar refractivity (Wildman–Crippen MR) is 133 cm³/mol. The Morgan fingerprint density at radius 1 is 0.943 bits per heavy atom. The van der Waals surface area contributed by atoms with E-state index in [9.17, 15) is 14.4 Å². The number of hydrogen-bond acceptors (Lipinski definition) is 5. The second kappa shape index (κ2) is 9.60. The van der Waals surface area contributed by atoms with Gasteiger partial charge in [0.25, 0.3) is 11.8 Å². The standard InChI is InChI=1S/C27H19BrN2O5/c28-23-14-17(8-10-24(23)35-16-18-7-9-19-4-1-2-5-20(19)12-18)13-22-25(31)29-27(33)30(26(22)32)15-21-6-3-11-34-21/h1-14H,15-16H2,(H,29,31,33)/b22-13+. The number of nitrogens with zero attached hydrogens (tertiary/aromatic N) is 1. The van der Waals surface area contributed by atoms with E-state index >= 15 is 0 Å². The Kier molecular flexibility index (Phi) is 6.20. The number of carbonyl (C=O) groups is 3. The van der Waals surface area contributed by atoms with Crippen LogP contribution in [0.3, 0.4) is 0 Å². The van der Waals surface area contributed by atoms with Crippen molar-refractivity contribution in [3.63, 3.8) is 0 Å². The molecule has 7 nitrogen and oxygen atoms in total. The van der Waals surface area contributed by atoms with Crippen molar-refractivity contribution in [2.24, 2.45) is 0 Å². The summed E-state index contributed by atoms with van der Waals surface area (Å²) in [6.07, 6.45) is 2.89. The zero-order chi connectivity index (χ0) is 24.4. The predicted octanol–water partition coefficient (Wildman–Crippen LogP) is 5.44. The third kappa shape index (κ3) is 4.88. The van der Waals surface area contributed by atoms with E-state index in [-0.39, 0.29) is 12.1 Å². The van der Waals surface area contributed by atoms with Gasteiger partial charge in [-0.3, -0.25) is 19.8 Å². The number of hydrogen-bond donors (Lipinski definition) is 1. The van der Waals surface area contributed by atoms with Crippen molar-refractivity contribution in [1.29, 1.82) is 0 Å². The molecular formula is C27H19BrN2O5. The van der Waals surface area contributed by atoms with Gasteiger partial charge < -0.3 is 9.15 Å². The second-order valence-electron chi connectivity index (χ2n) is 7.95. The third-order valence-electron chi connectivity index (χ3n) is 5.56. The van der Waals surface area contributed by atoms with Crippen LogP contribution in [0.5, 0.6) is 5.75 Å². The molecule has 0 atom stereocenters. The number of carbonyl (C=O) groups excluding carboxylic acids is 3. The molecule has 1 aliphatic heterocycles. The van der Waals surface area contributed by atoms with Gasteiger partial charge in [-0.2, -0.15) is 0 Å². The fourth-order valence-electron chi connectivity index (χ4n) is 3.78. The van der Waals surface area contributed by atoms with E-state index in [4.69, 9.17) is 9.15 Å². The molecular weight excluding hydrogens is 512 g/mol. The smallest absolute Gasteiger partial charge is 0.331 e. The van der Waals surface area contributed by atoms with Crippen LogP contribution >= 0.6 is 15.9 Å². The highest BCUT2D eigenvalue weighted by molar-refractivity contribution is 9.10. The molecule has 1 aliphatic rings. The lowest BCUT2D eigenvalue weighted by Gasteiger charge is -2.25. The van der Waals surface area contributed by atoms with Crippen molar-refractivity contribution in [3.05, 3.63) is 106 Å². The summed E-state index contributed by atoms with van der Waals surface area (Å²) in [5, 5.41) is 4.51. The van der Waals surface area contributed by atoms with E-state index in [0.717, 1.165) is 15.8 Å². The highest BCUT2D eigenvalue weighted by atomic mass is 79.9. The first-order valence-corrected chi connectivity index (χ1v) is 11.6. The molecule has 174 valence electrons. The molecule has 0 spiro atoms. The summed E-state index contributed by atoms with van der Waals surface area (Å²) in [6.45, 7) is 0.308. The average Bonchev–Trinajstić information content (AvgIpc) is 3.37. The van der Waals surface area contributed by atoms with Crippen molar-refractivity contribution < 1.29 is 23.5 Å². The topological polar surface area (TPSA) is 88.9 Å². The van der Waals surface area contributed by atoms with E-state index in [0.29, 0.717) is 28.2 Å². The number of imide groups is 2. The maximum atomic E-state index is 12.9. The highest BCUT2D eigenvalue weighted by Gasteiger charge is 2.36. The Hall–Kier alpha value is -4.17.